The Morgan fingerprint density at radius 3 is 2.53 bits per heavy atom. The van der Waals surface area contributed by atoms with Crippen LogP contribution in [0.25, 0.3) is 5.69 Å². The summed E-state index contributed by atoms with van der Waals surface area (Å²) >= 11 is 0. The van der Waals surface area contributed by atoms with Gasteiger partial charge in [0.2, 0.25) is 0 Å². The normalized spacial score (nSPS) is 10.8. The second-order valence-corrected chi connectivity index (χ2v) is 4.94. The maximum atomic E-state index is 4.59. The highest BCUT2D eigenvalue weighted by Crippen LogP contribution is 2.12. The van der Waals surface area contributed by atoms with E-state index in [0.717, 1.165) is 23.5 Å². The number of benzene rings is 1. The van der Waals surface area contributed by atoms with Crippen molar-refractivity contribution in [1.29, 1.82) is 0 Å². The van der Waals surface area contributed by atoms with E-state index in [0.29, 0.717) is 0 Å². The zero-order valence-electron chi connectivity index (χ0n) is 11.9. The van der Waals surface area contributed by atoms with Crippen LogP contribution in [0.3, 0.4) is 0 Å². The van der Waals surface area contributed by atoms with Crippen molar-refractivity contribution in [2.45, 2.75) is 52.4 Å². The summed E-state index contributed by atoms with van der Waals surface area (Å²) in [6, 6.07) is 10.7. The molecule has 0 spiro atoms. The number of unbranched alkanes of at least 4 members (excludes halogenated alkanes) is 4. The fourth-order valence-electron chi connectivity index (χ4n) is 2.16. The number of rotatable bonds is 7. The van der Waals surface area contributed by atoms with Gasteiger partial charge in [0.1, 0.15) is 0 Å². The first-order chi connectivity index (χ1) is 9.31. The van der Waals surface area contributed by atoms with Crippen molar-refractivity contribution in [2.75, 3.05) is 0 Å². The summed E-state index contributed by atoms with van der Waals surface area (Å²) in [6.45, 7) is 4.28. The average molecular weight is 256 g/mol. The van der Waals surface area contributed by atoms with Crippen LogP contribution in [0.2, 0.25) is 0 Å². The Hall–Kier alpha value is -1.64. The van der Waals surface area contributed by atoms with Gasteiger partial charge in [-0.2, -0.15) is 15.0 Å². The van der Waals surface area contributed by atoms with Gasteiger partial charge in [-0.15, -0.1) is 0 Å². The zero-order chi connectivity index (χ0) is 13.5. The standard InChI is InChI=1S/C16H22N3/c1-3-4-5-6-10-13-16-14(2)17-19(18-16)15-11-8-7-9-12-15/h8-9,11-12H,3-6,10,13H2,1-2H3. The molecule has 0 fully saturated rings. The molecule has 2 aromatic rings. The Kier molecular flexibility index (Phi) is 5.13. The van der Waals surface area contributed by atoms with Crippen LogP contribution in [0.1, 0.15) is 50.4 Å². The lowest BCUT2D eigenvalue weighted by atomic mass is 10.1. The van der Waals surface area contributed by atoms with E-state index in [2.05, 4.69) is 23.2 Å². The van der Waals surface area contributed by atoms with Gasteiger partial charge in [0, 0.05) is 0 Å². The highest BCUT2D eigenvalue weighted by molar-refractivity contribution is 5.28. The quantitative estimate of drug-likeness (QED) is 0.704. The van der Waals surface area contributed by atoms with Crippen molar-refractivity contribution < 1.29 is 0 Å². The average Bonchev–Trinajstić information content (AvgIpc) is 2.81. The number of hydrogen-bond acceptors (Lipinski definition) is 2. The Balaban J connectivity index is 1.94. The fourth-order valence-corrected chi connectivity index (χ4v) is 2.16. The van der Waals surface area contributed by atoms with Crippen molar-refractivity contribution >= 4 is 0 Å². The van der Waals surface area contributed by atoms with Gasteiger partial charge in [0.25, 0.3) is 0 Å². The summed E-state index contributed by atoms with van der Waals surface area (Å²) in [5, 5.41) is 9.08. The van der Waals surface area contributed by atoms with Crippen molar-refractivity contribution in [3.05, 3.63) is 41.7 Å². The van der Waals surface area contributed by atoms with Gasteiger partial charge >= 0.3 is 0 Å². The lowest BCUT2D eigenvalue weighted by Gasteiger charge is -1.99. The predicted octanol–water partition coefficient (Wildman–Crippen LogP) is 3.89. The molecular formula is C16H22N3. The first kappa shape index (κ1) is 13.8. The Bertz CT molecular complexity index is 488. The summed E-state index contributed by atoms with van der Waals surface area (Å²) in [7, 11) is 0. The molecule has 19 heavy (non-hydrogen) atoms. The van der Waals surface area contributed by atoms with Crippen LogP contribution in [-0.2, 0) is 6.42 Å². The molecule has 0 atom stereocenters. The molecule has 0 aliphatic carbocycles. The SMILES string of the molecule is CCCCCCCc1nn(-c2cc[c]cc2)nc1C. The molecule has 1 heterocycles. The van der Waals surface area contributed by atoms with Crippen LogP contribution in [0.15, 0.2) is 24.3 Å². The number of hydrogen-bond donors (Lipinski definition) is 0. The van der Waals surface area contributed by atoms with Crippen LogP contribution in [0.4, 0.5) is 0 Å². The van der Waals surface area contributed by atoms with E-state index in [-0.39, 0.29) is 0 Å². The largest absolute Gasteiger partial charge is 0.153 e. The lowest BCUT2D eigenvalue weighted by molar-refractivity contribution is 0.624. The van der Waals surface area contributed by atoms with Crippen LogP contribution >= 0.6 is 0 Å². The van der Waals surface area contributed by atoms with Crippen LogP contribution in [-0.4, -0.2) is 15.0 Å². The minimum absolute atomic E-state index is 0.999. The molecule has 0 saturated heterocycles. The van der Waals surface area contributed by atoms with Gasteiger partial charge < -0.3 is 0 Å². The third-order valence-electron chi connectivity index (χ3n) is 3.33. The van der Waals surface area contributed by atoms with E-state index in [1.165, 1.54) is 32.1 Å². The smallest absolute Gasteiger partial charge is 0.0860 e. The number of aryl methyl sites for hydroxylation is 2. The topological polar surface area (TPSA) is 30.7 Å². The van der Waals surface area contributed by atoms with Crippen LogP contribution < -0.4 is 0 Å². The first-order valence-corrected chi connectivity index (χ1v) is 7.20. The van der Waals surface area contributed by atoms with Gasteiger partial charge in [0.15, 0.2) is 0 Å². The Morgan fingerprint density at radius 2 is 1.79 bits per heavy atom. The number of aromatic nitrogens is 3. The molecule has 0 aliphatic heterocycles. The molecule has 0 bridgehead atoms. The third kappa shape index (κ3) is 3.91. The van der Waals surface area contributed by atoms with Crippen molar-refractivity contribution in [2.24, 2.45) is 0 Å². The van der Waals surface area contributed by atoms with Gasteiger partial charge in [-0.25, -0.2) is 0 Å². The molecule has 1 aromatic heterocycles. The third-order valence-corrected chi connectivity index (χ3v) is 3.33. The minimum Gasteiger partial charge on any atom is -0.153 e. The summed E-state index contributed by atoms with van der Waals surface area (Å²) in [6.07, 6.45) is 7.50. The molecule has 101 valence electrons. The maximum absolute atomic E-state index is 4.59. The summed E-state index contributed by atoms with van der Waals surface area (Å²) in [4.78, 5) is 1.73. The van der Waals surface area contributed by atoms with E-state index >= 15 is 0 Å². The van der Waals surface area contributed by atoms with Gasteiger partial charge in [0.05, 0.1) is 17.1 Å². The Labute approximate surface area is 115 Å². The Morgan fingerprint density at radius 1 is 1.05 bits per heavy atom. The van der Waals surface area contributed by atoms with E-state index in [9.17, 15) is 0 Å². The molecule has 3 heteroatoms. The maximum Gasteiger partial charge on any atom is 0.0860 e. The van der Waals surface area contributed by atoms with E-state index < -0.39 is 0 Å². The number of nitrogens with zero attached hydrogens (tertiary/aromatic N) is 3. The van der Waals surface area contributed by atoms with Crippen LogP contribution in [0.5, 0.6) is 0 Å². The molecule has 0 saturated carbocycles. The first-order valence-electron chi connectivity index (χ1n) is 7.20. The summed E-state index contributed by atoms with van der Waals surface area (Å²) in [5.74, 6) is 0. The minimum atomic E-state index is 0.999. The van der Waals surface area contributed by atoms with E-state index in [1.807, 2.05) is 31.2 Å². The molecule has 2 rings (SSSR count). The van der Waals surface area contributed by atoms with Crippen molar-refractivity contribution in [3.63, 3.8) is 0 Å². The molecule has 0 N–H and O–H groups in total. The monoisotopic (exact) mass is 256 g/mol. The van der Waals surface area contributed by atoms with E-state index in [4.69, 9.17) is 0 Å². The predicted molar refractivity (Wildman–Crippen MR) is 77.4 cm³/mol. The molecule has 0 unspecified atom stereocenters. The summed E-state index contributed by atoms with van der Waals surface area (Å²) < 4.78 is 0. The molecule has 1 aromatic carbocycles. The second kappa shape index (κ2) is 7.07. The van der Waals surface area contributed by atoms with E-state index in [1.54, 1.807) is 4.80 Å². The van der Waals surface area contributed by atoms with Gasteiger partial charge in [-0.3, -0.25) is 0 Å². The zero-order valence-corrected chi connectivity index (χ0v) is 11.9. The molecular weight excluding hydrogens is 234 g/mol. The van der Waals surface area contributed by atoms with Crippen LogP contribution in [0, 0.1) is 13.0 Å². The van der Waals surface area contributed by atoms with Gasteiger partial charge in [-0.1, -0.05) is 44.7 Å². The summed E-state index contributed by atoms with van der Waals surface area (Å²) in [5.41, 5.74) is 3.17. The molecule has 0 aliphatic rings. The fraction of sp³-hybridized carbons (Fsp3) is 0.500. The highest BCUT2D eigenvalue weighted by Gasteiger charge is 2.07. The highest BCUT2D eigenvalue weighted by atomic mass is 15.5. The molecule has 1 radical (unpaired) electrons. The molecule has 3 nitrogen and oxygen atoms in total. The molecule has 0 amide bonds. The second-order valence-electron chi connectivity index (χ2n) is 4.94. The lowest BCUT2D eigenvalue weighted by Crippen LogP contribution is -1.98. The van der Waals surface area contributed by atoms with Crippen molar-refractivity contribution in [3.8, 4) is 5.69 Å². The van der Waals surface area contributed by atoms with Gasteiger partial charge in [-0.05, 0) is 38.0 Å². The van der Waals surface area contributed by atoms with Crippen molar-refractivity contribution in [1.82, 2.24) is 15.0 Å².